The van der Waals surface area contributed by atoms with Crippen LogP contribution in [0.25, 0.3) is 16.9 Å². The molecule has 0 spiro atoms. The van der Waals surface area contributed by atoms with Crippen LogP contribution in [0.2, 0.25) is 0 Å². The van der Waals surface area contributed by atoms with Crippen molar-refractivity contribution in [3.8, 4) is 11.3 Å². The number of pyridine rings is 1. The molecule has 9 heteroatoms. The highest BCUT2D eigenvalue weighted by atomic mass is 32.2. The average molecular weight is 409 g/mol. The molecule has 0 aliphatic carbocycles. The minimum Gasteiger partial charge on any atom is -0.478 e. The number of carbonyl (C=O) groups is 1. The molecule has 29 heavy (non-hydrogen) atoms. The van der Waals surface area contributed by atoms with Crippen molar-refractivity contribution in [1.29, 1.82) is 0 Å². The van der Waals surface area contributed by atoms with Crippen LogP contribution >= 0.6 is 0 Å². The number of benzene rings is 2. The molecule has 4 aromatic rings. The number of rotatable bonds is 5. The Morgan fingerprint density at radius 3 is 2.28 bits per heavy atom. The van der Waals surface area contributed by atoms with E-state index in [4.69, 9.17) is 5.11 Å². The van der Waals surface area contributed by atoms with Crippen molar-refractivity contribution in [1.82, 2.24) is 9.38 Å². The Hall–Kier alpha value is -3.69. The third-order valence-electron chi connectivity index (χ3n) is 4.35. The molecule has 0 atom stereocenters. The number of hydrogen-bond donors (Lipinski definition) is 3. The number of aromatic nitrogens is 2. The molecule has 0 saturated carbocycles. The summed E-state index contributed by atoms with van der Waals surface area (Å²) in [6.45, 7) is 0. The second kappa shape index (κ2) is 7.04. The Kier molecular flexibility index (Phi) is 4.53. The SMILES string of the molecule is O=C(O)c1ccc(Nc2c(-c3ccc(S(=O)(=O)O)cc3)nc3ccccn23)cc1. The van der Waals surface area contributed by atoms with Crippen LogP contribution in [0.3, 0.4) is 0 Å². The molecule has 0 aliphatic rings. The molecule has 2 heterocycles. The van der Waals surface area contributed by atoms with Gasteiger partial charge >= 0.3 is 5.97 Å². The molecule has 0 saturated heterocycles. The summed E-state index contributed by atoms with van der Waals surface area (Å²) in [5.41, 5.74) is 2.73. The fraction of sp³-hybridized carbons (Fsp3) is 0. The van der Waals surface area contributed by atoms with E-state index < -0.39 is 16.1 Å². The van der Waals surface area contributed by atoms with Gasteiger partial charge in [0.1, 0.15) is 17.2 Å². The van der Waals surface area contributed by atoms with Gasteiger partial charge in [-0.1, -0.05) is 18.2 Å². The molecule has 0 radical (unpaired) electrons. The Morgan fingerprint density at radius 2 is 1.66 bits per heavy atom. The number of carboxylic acids is 1. The van der Waals surface area contributed by atoms with Gasteiger partial charge in [-0.3, -0.25) is 8.95 Å². The van der Waals surface area contributed by atoms with Crippen molar-refractivity contribution in [3.63, 3.8) is 0 Å². The first-order valence-corrected chi connectivity index (χ1v) is 9.92. The van der Waals surface area contributed by atoms with Crippen molar-refractivity contribution >= 4 is 33.2 Å². The Bertz CT molecular complexity index is 1310. The number of anilines is 2. The van der Waals surface area contributed by atoms with Crippen LogP contribution < -0.4 is 5.32 Å². The molecule has 0 aliphatic heterocycles. The van der Waals surface area contributed by atoms with Gasteiger partial charge in [-0.25, -0.2) is 9.78 Å². The van der Waals surface area contributed by atoms with E-state index in [1.807, 2.05) is 28.8 Å². The summed E-state index contributed by atoms with van der Waals surface area (Å²) in [6, 6.07) is 17.5. The molecule has 0 bridgehead atoms. The maximum Gasteiger partial charge on any atom is 0.335 e. The van der Waals surface area contributed by atoms with E-state index in [0.717, 1.165) is 0 Å². The van der Waals surface area contributed by atoms with Gasteiger partial charge in [0.2, 0.25) is 0 Å². The van der Waals surface area contributed by atoms with Crippen molar-refractivity contribution < 1.29 is 22.9 Å². The number of imidazole rings is 1. The normalized spacial score (nSPS) is 11.5. The maximum atomic E-state index is 11.3. The van der Waals surface area contributed by atoms with Gasteiger partial charge < -0.3 is 10.4 Å². The van der Waals surface area contributed by atoms with E-state index in [1.165, 1.54) is 24.3 Å². The highest BCUT2D eigenvalue weighted by Gasteiger charge is 2.16. The molecular weight excluding hydrogens is 394 g/mol. The maximum absolute atomic E-state index is 11.3. The molecule has 0 fully saturated rings. The molecule has 3 N–H and O–H groups in total. The molecule has 2 aromatic carbocycles. The highest BCUT2D eigenvalue weighted by molar-refractivity contribution is 7.85. The zero-order chi connectivity index (χ0) is 20.6. The summed E-state index contributed by atoms with van der Waals surface area (Å²) in [6.07, 6.45) is 1.83. The molecular formula is C20H15N3O5S. The zero-order valence-electron chi connectivity index (χ0n) is 14.9. The number of aromatic carboxylic acids is 1. The first-order valence-electron chi connectivity index (χ1n) is 8.48. The van der Waals surface area contributed by atoms with Crippen LogP contribution in [0.4, 0.5) is 11.5 Å². The molecule has 2 aromatic heterocycles. The molecule has 8 nitrogen and oxygen atoms in total. The number of nitrogens with zero attached hydrogens (tertiary/aromatic N) is 2. The number of carboxylic acid groups (broad SMARTS) is 1. The second-order valence-electron chi connectivity index (χ2n) is 6.24. The first-order chi connectivity index (χ1) is 13.8. The quantitative estimate of drug-likeness (QED) is 0.430. The van der Waals surface area contributed by atoms with Crippen molar-refractivity contribution in [2.24, 2.45) is 0 Å². The summed E-state index contributed by atoms with van der Waals surface area (Å²) >= 11 is 0. The molecule has 0 amide bonds. The van der Waals surface area contributed by atoms with E-state index >= 15 is 0 Å². The number of hydrogen-bond acceptors (Lipinski definition) is 5. The lowest BCUT2D eigenvalue weighted by atomic mass is 10.1. The highest BCUT2D eigenvalue weighted by Crippen LogP contribution is 2.31. The smallest absolute Gasteiger partial charge is 0.335 e. The lowest BCUT2D eigenvalue weighted by Gasteiger charge is -2.09. The summed E-state index contributed by atoms with van der Waals surface area (Å²) in [5, 5.41) is 12.3. The van der Waals surface area contributed by atoms with Crippen LogP contribution in [0.5, 0.6) is 0 Å². The molecule has 4 rings (SSSR count). The largest absolute Gasteiger partial charge is 0.478 e. The summed E-state index contributed by atoms with van der Waals surface area (Å²) < 4.78 is 33.6. The third-order valence-corrected chi connectivity index (χ3v) is 5.22. The third kappa shape index (κ3) is 3.68. The number of nitrogens with one attached hydrogen (secondary N) is 1. The zero-order valence-corrected chi connectivity index (χ0v) is 15.7. The number of fused-ring (bicyclic) bond motifs is 1. The van der Waals surface area contributed by atoms with Gasteiger partial charge in [0.15, 0.2) is 0 Å². The Morgan fingerprint density at radius 1 is 0.966 bits per heavy atom. The van der Waals surface area contributed by atoms with Crippen molar-refractivity contribution in [2.45, 2.75) is 4.90 Å². The van der Waals surface area contributed by atoms with Crippen LogP contribution in [-0.2, 0) is 10.1 Å². The van der Waals surface area contributed by atoms with Gasteiger partial charge in [0, 0.05) is 17.4 Å². The fourth-order valence-corrected chi connectivity index (χ4v) is 3.41. The second-order valence-corrected chi connectivity index (χ2v) is 7.67. The summed E-state index contributed by atoms with van der Waals surface area (Å²) in [7, 11) is -4.29. The molecule has 146 valence electrons. The predicted molar refractivity (Wildman–Crippen MR) is 107 cm³/mol. The summed E-state index contributed by atoms with van der Waals surface area (Å²) in [5.74, 6) is -0.380. The van der Waals surface area contributed by atoms with E-state index in [0.29, 0.717) is 28.4 Å². The van der Waals surface area contributed by atoms with E-state index in [9.17, 15) is 17.8 Å². The topological polar surface area (TPSA) is 121 Å². The predicted octanol–water partition coefficient (Wildman–Crippen LogP) is 3.69. The lowest BCUT2D eigenvalue weighted by molar-refractivity contribution is 0.0697. The Labute approximate surface area is 165 Å². The van der Waals surface area contributed by atoms with Crippen LogP contribution in [0.1, 0.15) is 10.4 Å². The summed E-state index contributed by atoms with van der Waals surface area (Å²) in [4.78, 5) is 15.5. The van der Waals surface area contributed by atoms with Crippen LogP contribution in [0, 0.1) is 0 Å². The van der Waals surface area contributed by atoms with E-state index in [2.05, 4.69) is 10.3 Å². The van der Waals surface area contributed by atoms with Gasteiger partial charge in [-0.2, -0.15) is 8.42 Å². The van der Waals surface area contributed by atoms with Crippen molar-refractivity contribution in [3.05, 3.63) is 78.5 Å². The Balaban J connectivity index is 1.79. The van der Waals surface area contributed by atoms with Crippen molar-refractivity contribution in [2.75, 3.05) is 5.32 Å². The standard InChI is InChI=1S/C20H15N3O5S/c24-20(25)14-4-8-15(9-5-14)21-19-18(22-17-3-1-2-12-23(17)19)13-6-10-16(11-7-13)29(26,27)28/h1-12,21H,(H,24,25)(H,26,27,28). The first kappa shape index (κ1) is 18.7. The monoisotopic (exact) mass is 409 g/mol. The van der Waals surface area contributed by atoms with E-state index in [-0.39, 0.29) is 10.5 Å². The minimum atomic E-state index is -4.29. The van der Waals surface area contributed by atoms with E-state index in [1.54, 1.807) is 24.3 Å². The molecule has 0 unspecified atom stereocenters. The fourth-order valence-electron chi connectivity index (χ4n) is 2.93. The average Bonchev–Trinajstić information content (AvgIpc) is 3.06. The van der Waals surface area contributed by atoms with Crippen LogP contribution in [0.15, 0.2) is 77.8 Å². The lowest BCUT2D eigenvalue weighted by Crippen LogP contribution is -2.00. The van der Waals surface area contributed by atoms with Crippen LogP contribution in [-0.4, -0.2) is 33.4 Å². The minimum absolute atomic E-state index is 0.176. The van der Waals surface area contributed by atoms with Gasteiger partial charge in [-0.15, -0.1) is 0 Å². The van der Waals surface area contributed by atoms with Gasteiger partial charge in [0.05, 0.1) is 10.5 Å². The van der Waals surface area contributed by atoms with Gasteiger partial charge in [-0.05, 0) is 48.5 Å². The van der Waals surface area contributed by atoms with Gasteiger partial charge in [0.25, 0.3) is 10.1 Å².